The number of rotatable bonds is 6. The van der Waals surface area contributed by atoms with Gasteiger partial charge in [0.05, 0.1) is 13.0 Å². The SMILES string of the molecule is CCOC(=O)CC(C)(C)CC(N)c1ccc(F)c(F)c1. The maximum Gasteiger partial charge on any atom is 0.306 e. The van der Waals surface area contributed by atoms with Crippen molar-refractivity contribution in [2.75, 3.05) is 6.61 Å². The average Bonchev–Trinajstić information content (AvgIpc) is 2.31. The van der Waals surface area contributed by atoms with Gasteiger partial charge in [-0.15, -0.1) is 0 Å². The van der Waals surface area contributed by atoms with Crippen LogP contribution in [-0.2, 0) is 9.53 Å². The summed E-state index contributed by atoms with van der Waals surface area (Å²) >= 11 is 0. The third kappa shape index (κ3) is 4.89. The van der Waals surface area contributed by atoms with Crippen molar-refractivity contribution in [3.8, 4) is 0 Å². The molecule has 0 aromatic heterocycles. The molecule has 0 aliphatic heterocycles. The summed E-state index contributed by atoms with van der Waals surface area (Å²) in [7, 11) is 0. The van der Waals surface area contributed by atoms with Crippen LogP contribution in [0.3, 0.4) is 0 Å². The highest BCUT2D eigenvalue weighted by atomic mass is 19.2. The first-order valence-electron chi connectivity index (χ1n) is 6.61. The number of benzene rings is 1. The fourth-order valence-corrected chi connectivity index (χ4v) is 2.13. The second kappa shape index (κ2) is 6.79. The topological polar surface area (TPSA) is 52.3 Å². The minimum Gasteiger partial charge on any atom is -0.466 e. The zero-order valence-corrected chi connectivity index (χ0v) is 12.1. The number of esters is 1. The lowest BCUT2D eigenvalue weighted by Gasteiger charge is -2.27. The number of halogens is 2. The van der Waals surface area contributed by atoms with Gasteiger partial charge in [0.2, 0.25) is 0 Å². The van der Waals surface area contributed by atoms with Gasteiger partial charge in [-0.2, -0.15) is 0 Å². The zero-order chi connectivity index (χ0) is 15.3. The van der Waals surface area contributed by atoms with Crippen LogP contribution >= 0.6 is 0 Å². The number of hydrogen-bond acceptors (Lipinski definition) is 3. The van der Waals surface area contributed by atoms with Crippen LogP contribution in [0.15, 0.2) is 18.2 Å². The zero-order valence-electron chi connectivity index (χ0n) is 12.1. The van der Waals surface area contributed by atoms with Crippen LogP contribution in [0.25, 0.3) is 0 Å². The molecule has 0 fully saturated rings. The molecular formula is C15H21F2NO2. The summed E-state index contributed by atoms with van der Waals surface area (Å²) in [6.07, 6.45) is 0.703. The average molecular weight is 285 g/mol. The standard InChI is InChI=1S/C15H21F2NO2/c1-4-20-14(19)9-15(2,3)8-13(18)10-5-6-11(16)12(17)7-10/h5-7,13H,4,8-9,18H2,1-3H3. The second-order valence-corrected chi connectivity index (χ2v) is 5.63. The van der Waals surface area contributed by atoms with Crippen molar-refractivity contribution in [2.45, 2.75) is 39.7 Å². The van der Waals surface area contributed by atoms with Gasteiger partial charge in [-0.3, -0.25) is 4.79 Å². The van der Waals surface area contributed by atoms with Crippen molar-refractivity contribution in [3.63, 3.8) is 0 Å². The molecule has 5 heteroatoms. The van der Waals surface area contributed by atoms with Crippen LogP contribution in [0.2, 0.25) is 0 Å². The van der Waals surface area contributed by atoms with Crippen LogP contribution in [0.5, 0.6) is 0 Å². The Labute approximate surface area is 118 Å². The fraction of sp³-hybridized carbons (Fsp3) is 0.533. The number of ether oxygens (including phenoxy) is 1. The maximum atomic E-state index is 13.2. The van der Waals surface area contributed by atoms with Gasteiger partial charge in [-0.05, 0) is 36.5 Å². The highest BCUT2D eigenvalue weighted by molar-refractivity contribution is 5.70. The van der Waals surface area contributed by atoms with Gasteiger partial charge in [0.15, 0.2) is 11.6 Å². The molecule has 1 aromatic rings. The molecule has 1 atom stereocenters. The van der Waals surface area contributed by atoms with Gasteiger partial charge in [-0.1, -0.05) is 19.9 Å². The van der Waals surface area contributed by atoms with Crippen LogP contribution in [0, 0.1) is 17.0 Å². The molecule has 0 bridgehead atoms. The minimum absolute atomic E-state index is 0.234. The van der Waals surface area contributed by atoms with Crippen molar-refractivity contribution in [1.82, 2.24) is 0 Å². The molecule has 0 saturated heterocycles. The Hall–Kier alpha value is -1.49. The summed E-state index contributed by atoms with van der Waals surface area (Å²) < 4.78 is 31.0. The van der Waals surface area contributed by atoms with Crippen LogP contribution in [0.1, 0.15) is 45.2 Å². The van der Waals surface area contributed by atoms with E-state index in [1.54, 1.807) is 6.92 Å². The van der Waals surface area contributed by atoms with Gasteiger partial charge in [-0.25, -0.2) is 8.78 Å². The number of carbonyl (C=O) groups excluding carboxylic acids is 1. The van der Waals surface area contributed by atoms with E-state index >= 15 is 0 Å². The predicted octanol–water partition coefficient (Wildman–Crippen LogP) is 3.33. The lowest BCUT2D eigenvalue weighted by molar-refractivity contribution is -0.145. The lowest BCUT2D eigenvalue weighted by Crippen LogP contribution is -2.25. The Bertz CT molecular complexity index is 475. The summed E-state index contributed by atoms with van der Waals surface area (Å²) in [6.45, 7) is 5.87. The molecule has 0 aliphatic carbocycles. The van der Waals surface area contributed by atoms with Crippen molar-refractivity contribution in [2.24, 2.45) is 11.1 Å². The Morgan fingerprint density at radius 3 is 2.55 bits per heavy atom. The first-order valence-corrected chi connectivity index (χ1v) is 6.61. The first kappa shape index (κ1) is 16.6. The van der Waals surface area contributed by atoms with Crippen LogP contribution < -0.4 is 5.73 Å². The largest absolute Gasteiger partial charge is 0.466 e. The van der Waals surface area contributed by atoms with Crippen LogP contribution in [0.4, 0.5) is 8.78 Å². The van der Waals surface area contributed by atoms with E-state index in [-0.39, 0.29) is 17.8 Å². The normalized spacial score (nSPS) is 13.1. The minimum atomic E-state index is -0.916. The smallest absolute Gasteiger partial charge is 0.306 e. The Balaban J connectivity index is 2.70. The van der Waals surface area contributed by atoms with Crippen molar-refractivity contribution in [1.29, 1.82) is 0 Å². The molecule has 0 amide bonds. The Morgan fingerprint density at radius 2 is 2.00 bits per heavy atom. The summed E-state index contributed by atoms with van der Waals surface area (Å²) in [6, 6.07) is 3.15. The molecule has 2 N–H and O–H groups in total. The molecule has 0 radical (unpaired) electrons. The van der Waals surface area contributed by atoms with Gasteiger partial charge in [0.25, 0.3) is 0 Å². The second-order valence-electron chi connectivity index (χ2n) is 5.63. The molecule has 0 heterocycles. The molecule has 112 valence electrons. The third-order valence-electron chi connectivity index (χ3n) is 3.07. The van der Waals surface area contributed by atoms with E-state index in [9.17, 15) is 13.6 Å². The van der Waals surface area contributed by atoms with E-state index in [0.717, 1.165) is 12.1 Å². The molecule has 0 spiro atoms. The van der Waals surface area contributed by atoms with Crippen LogP contribution in [-0.4, -0.2) is 12.6 Å². The first-order chi connectivity index (χ1) is 9.25. The monoisotopic (exact) mass is 285 g/mol. The number of nitrogens with two attached hydrogens (primary N) is 1. The van der Waals surface area contributed by atoms with Crippen molar-refractivity contribution < 1.29 is 18.3 Å². The van der Waals surface area contributed by atoms with E-state index in [1.807, 2.05) is 13.8 Å². The molecule has 1 aromatic carbocycles. The third-order valence-corrected chi connectivity index (χ3v) is 3.07. The summed E-state index contributed by atoms with van der Waals surface area (Å²) in [4.78, 5) is 11.5. The summed E-state index contributed by atoms with van der Waals surface area (Å²) in [5.74, 6) is -2.09. The Kier molecular flexibility index (Phi) is 5.62. The van der Waals surface area contributed by atoms with Crippen molar-refractivity contribution in [3.05, 3.63) is 35.4 Å². The molecule has 20 heavy (non-hydrogen) atoms. The molecular weight excluding hydrogens is 264 g/mol. The molecule has 0 saturated carbocycles. The molecule has 0 aliphatic rings. The van der Waals surface area contributed by atoms with Gasteiger partial charge in [0.1, 0.15) is 0 Å². The molecule has 1 unspecified atom stereocenters. The summed E-state index contributed by atoms with van der Waals surface area (Å²) in [5, 5.41) is 0. The maximum absolute atomic E-state index is 13.2. The van der Waals surface area contributed by atoms with E-state index in [0.29, 0.717) is 18.6 Å². The highest BCUT2D eigenvalue weighted by Gasteiger charge is 2.26. The highest BCUT2D eigenvalue weighted by Crippen LogP contribution is 2.32. The molecule has 1 rings (SSSR count). The summed E-state index contributed by atoms with van der Waals surface area (Å²) in [5.41, 5.74) is 6.14. The number of carbonyl (C=O) groups is 1. The van der Waals surface area contributed by atoms with E-state index in [1.165, 1.54) is 6.07 Å². The lowest BCUT2D eigenvalue weighted by atomic mass is 9.81. The van der Waals surface area contributed by atoms with E-state index in [2.05, 4.69) is 0 Å². The van der Waals surface area contributed by atoms with E-state index < -0.39 is 17.7 Å². The van der Waals surface area contributed by atoms with Crippen molar-refractivity contribution >= 4 is 5.97 Å². The predicted molar refractivity (Wildman–Crippen MR) is 72.9 cm³/mol. The Morgan fingerprint density at radius 1 is 1.35 bits per heavy atom. The van der Waals surface area contributed by atoms with E-state index in [4.69, 9.17) is 10.5 Å². The van der Waals surface area contributed by atoms with Gasteiger partial charge >= 0.3 is 5.97 Å². The molecule has 3 nitrogen and oxygen atoms in total. The van der Waals surface area contributed by atoms with Gasteiger partial charge < -0.3 is 10.5 Å². The fourth-order valence-electron chi connectivity index (χ4n) is 2.13. The number of hydrogen-bond donors (Lipinski definition) is 1. The quantitative estimate of drug-likeness (QED) is 0.816. The van der Waals surface area contributed by atoms with Gasteiger partial charge in [0, 0.05) is 6.04 Å².